The summed E-state index contributed by atoms with van der Waals surface area (Å²) in [5.41, 5.74) is 3.22. The maximum absolute atomic E-state index is 12.8. The number of carbonyl (C=O) groups is 2. The Morgan fingerprint density at radius 2 is 1.88 bits per heavy atom. The summed E-state index contributed by atoms with van der Waals surface area (Å²) in [5, 5.41) is 16.2. The highest BCUT2D eigenvalue weighted by Crippen LogP contribution is 2.30. The van der Waals surface area contributed by atoms with E-state index in [1.54, 1.807) is 11.8 Å². The van der Waals surface area contributed by atoms with E-state index in [1.165, 1.54) is 12.0 Å². The molecule has 0 aliphatic carbocycles. The summed E-state index contributed by atoms with van der Waals surface area (Å²) in [6.07, 6.45) is 3.49. The number of thioether (sulfide) groups is 1. The number of oxime groups is 1. The molecular formula is C24H28N2O5S. The molecule has 0 bridgehead atoms. The van der Waals surface area contributed by atoms with Crippen molar-refractivity contribution < 1.29 is 24.3 Å². The van der Waals surface area contributed by atoms with Crippen molar-refractivity contribution in [2.24, 2.45) is 11.1 Å². The first-order chi connectivity index (χ1) is 15.5. The number of amides is 1. The summed E-state index contributed by atoms with van der Waals surface area (Å²) < 4.78 is 5.34. The number of carboxylic acids is 1. The number of rotatable bonds is 9. The minimum Gasteiger partial charge on any atom is -0.480 e. The number of nitrogens with one attached hydrogen (secondary N) is 1. The van der Waals surface area contributed by atoms with Crippen molar-refractivity contribution in [2.45, 2.75) is 30.2 Å². The zero-order valence-electron chi connectivity index (χ0n) is 18.2. The molecule has 7 nitrogen and oxygen atoms in total. The lowest BCUT2D eigenvalue weighted by atomic mass is 9.93. The van der Waals surface area contributed by atoms with E-state index >= 15 is 0 Å². The van der Waals surface area contributed by atoms with E-state index in [1.807, 2.05) is 42.7 Å². The van der Waals surface area contributed by atoms with Gasteiger partial charge >= 0.3 is 5.97 Å². The molecule has 1 atom stereocenters. The molecule has 1 heterocycles. The normalized spacial score (nSPS) is 15.8. The smallest absolute Gasteiger partial charge is 0.326 e. The summed E-state index contributed by atoms with van der Waals surface area (Å²) in [4.78, 5) is 30.7. The number of benzene rings is 2. The Labute approximate surface area is 192 Å². The Bertz CT molecular complexity index is 955. The van der Waals surface area contributed by atoms with E-state index in [4.69, 9.17) is 9.57 Å². The highest BCUT2D eigenvalue weighted by molar-refractivity contribution is 7.98. The molecule has 0 spiro atoms. The first kappa shape index (κ1) is 23.8. The summed E-state index contributed by atoms with van der Waals surface area (Å²) in [5.74, 6) is -1.73. The second-order valence-corrected chi connectivity index (χ2v) is 8.36. The van der Waals surface area contributed by atoms with Gasteiger partial charge in [0, 0.05) is 30.4 Å². The maximum Gasteiger partial charge on any atom is 0.326 e. The Morgan fingerprint density at radius 3 is 2.50 bits per heavy atom. The summed E-state index contributed by atoms with van der Waals surface area (Å²) in [7, 11) is 1.37. The Balaban J connectivity index is 1.71. The third kappa shape index (κ3) is 6.11. The predicted molar refractivity (Wildman–Crippen MR) is 125 cm³/mol. The summed E-state index contributed by atoms with van der Waals surface area (Å²) >= 11 is 1.68. The van der Waals surface area contributed by atoms with Crippen molar-refractivity contribution >= 4 is 29.4 Å². The number of carboxylic acid groups (broad SMARTS) is 1. The van der Waals surface area contributed by atoms with Crippen LogP contribution in [0.25, 0.3) is 11.1 Å². The molecule has 1 aliphatic heterocycles. The monoisotopic (exact) mass is 456 g/mol. The molecule has 3 rings (SSSR count). The molecule has 2 aromatic carbocycles. The molecule has 1 amide bonds. The van der Waals surface area contributed by atoms with E-state index < -0.39 is 17.9 Å². The highest BCUT2D eigenvalue weighted by atomic mass is 32.2. The largest absolute Gasteiger partial charge is 0.480 e. The van der Waals surface area contributed by atoms with Crippen LogP contribution in [-0.4, -0.2) is 55.3 Å². The molecular weight excluding hydrogens is 428 g/mol. The van der Waals surface area contributed by atoms with Crippen LogP contribution in [0.2, 0.25) is 0 Å². The number of ether oxygens (including phenoxy) is 1. The van der Waals surface area contributed by atoms with Crippen molar-refractivity contribution in [3.05, 3.63) is 54.1 Å². The van der Waals surface area contributed by atoms with Crippen LogP contribution in [0.5, 0.6) is 0 Å². The molecule has 0 saturated carbocycles. The number of hydrogen-bond acceptors (Lipinski definition) is 6. The fourth-order valence-electron chi connectivity index (χ4n) is 3.74. The first-order valence-electron chi connectivity index (χ1n) is 10.5. The minimum absolute atomic E-state index is 0.117. The van der Waals surface area contributed by atoms with Crippen molar-refractivity contribution in [3.63, 3.8) is 0 Å². The molecule has 1 saturated heterocycles. The van der Waals surface area contributed by atoms with Crippen molar-refractivity contribution in [2.75, 3.05) is 26.6 Å². The van der Waals surface area contributed by atoms with Gasteiger partial charge in [-0.05, 0) is 41.9 Å². The number of aliphatic carboxylic acids is 1. The average molecular weight is 457 g/mol. The topological polar surface area (TPSA) is 97.2 Å². The minimum atomic E-state index is -1.10. The van der Waals surface area contributed by atoms with Crippen LogP contribution < -0.4 is 5.32 Å². The molecule has 0 aromatic heterocycles. The van der Waals surface area contributed by atoms with E-state index in [0.717, 1.165) is 16.7 Å². The van der Waals surface area contributed by atoms with Gasteiger partial charge in [0.2, 0.25) is 0 Å². The molecule has 2 aromatic rings. The fourth-order valence-corrected chi connectivity index (χ4v) is 4.36. The van der Waals surface area contributed by atoms with Crippen molar-refractivity contribution in [3.8, 4) is 11.1 Å². The SMILES string of the molecule is CON=C(C(=O)N[C@@H](Cc1ccc(-c2ccccc2SC)cc1)C(=O)O)C1CCOCC1. The lowest BCUT2D eigenvalue weighted by Gasteiger charge is -2.23. The van der Waals surface area contributed by atoms with Gasteiger partial charge in [-0.25, -0.2) is 4.79 Å². The predicted octanol–water partition coefficient (Wildman–Crippen LogP) is 3.62. The summed E-state index contributed by atoms with van der Waals surface area (Å²) in [6, 6.07) is 14.8. The van der Waals surface area contributed by atoms with Crippen LogP contribution in [0.3, 0.4) is 0 Å². The second kappa shape index (κ2) is 11.7. The number of carbonyl (C=O) groups excluding carboxylic acids is 1. The Kier molecular flexibility index (Phi) is 8.70. The van der Waals surface area contributed by atoms with Crippen LogP contribution in [0.4, 0.5) is 0 Å². The van der Waals surface area contributed by atoms with Gasteiger partial charge in [0.1, 0.15) is 18.9 Å². The number of hydrogen-bond donors (Lipinski definition) is 2. The van der Waals surface area contributed by atoms with E-state index in [-0.39, 0.29) is 18.1 Å². The molecule has 170 valence electrons. The van der Waals surface area contributed by atoms with Gasteiger partial charge in [-0.2, -0.15) is 0 Å². The van der Waals surface area contributed by atoms with Gasteiger partial charge in [-0.15, -0.1) is 11.8 Å². The first-order valence-corrected chi connectivity index (χ1v) is 11.7. The van der Waals surface area contributed by atoms with Gasteiger partial charge in [0.05, 0.1) is 0 Å². The van der Waals surface area contributed by atoms with E-state index in [0.29, 0.717) is 26.1 Å². The molecule has 0 radical (unpaired) electrons. The summed E-state index contributed by atoms with van der Waals surface area (Å²) in [6.45, 7) is 1.07. The van der Waals surface area contributed by atoms with Crippen molar-refractivity contribution in [1.29, 1.82) is 0 Å². The molecule has 32 heavy (non-hydrogen) atoms. The van der Waals surface area contributed by atoms with Crippen LogP contribution in [0.15, 0.2) is 58.6 Å². The number of nitrogens with zero attached hydrogens (tertiary/aromatic N) is 1. The van der Waals surface area contributed by atoms with Crippen LogP contribution in [-0.2, 0) is 25.6 Å². The third-order valence-corrected chi connectivity index (χ3v) is 6.24. The lowest BCUT2D eigenvalue weighted by molar-refractivity contribution is -0.141. The molecule has 2 N–H and O–H groups in total. The average Bonchev–Trinajstić information content (AvgIpc) is 2.83. The quantitative estimate of drug-likeness (QED) is 0.340. The Morgan fingerprint density at radius 1 is 1.19 bits per heavy atom. The van der Waals surface area contributed by atoms with Gasteiger partial charge in [-0.3, -0.25) is 4.79 Å². The lowest BCUT2D eigenvalue weighted by Crippen LogP contribution is -2.47. The molecule has 1 fully saturated rings. The van der Waals surface area contributed by atoms with Gasteiger partial charge in [0.15, 0.2) is 0 Å². The van der Waals surface area contributed by atoms with Gasteiger partial charge < -0.3 is 20.0 Å². The van der Waals surface area contributed by atoms with E-state index in [9.17, 15) is 14.7 Å². The third-order valence-electron chi connectivity index (χ3n) is 5.45. The van der Waals surface area contributed by atoms with Gasteiger partial charge in [0.25, 0.3) is 5.91 Å². The van der Waals surface area contributed by atoms with Crippen LogP contribution in [0, 0.1) is 5.92 Å². The molecule has 8 heteroatoms. The standard InChI is InChI=1S/C24H28N2O5S/c1-30-26-22(18-11-13-31-14-12-18)23(27)25-20(24(28)29)15-16-7-9-17(10-8-16)19-5-3-4-6-21(19)32-2/h3-10,18,20H,11-15H2,1-2H3,(H,25,27)(H,28,29)/t20-/m0/s1. The fraction of sp³-hybridized carbons (Fsp3) is 0.375. The van der Waals surface area contributed by atoms with Crippen molar-refractivity contribution in [1.82, 2.24) is 5.32 Å². The van der Waals surface area contributed by atoms with E-state index in [2.05, 4.69) is 22.6 Å². The maximum atomic E-state index is 12.8. The zero-order valence-corrected chi connectivity index (χ0v) is 19.1. The molecule has 1 aliphatic rings. The van der Waals surface area contributed by atoms with Crippen LogP contribution >= 0.6 is 11.8 Å². The van der Waals surface area contributed by atoms with Gasteiger partial charge in [-0.1, -0.05) is 47.6 Å². The van der Waals surface area contributed by atoms with Crippen LogP contribution in [0.1, 0.15) is 18.4 Å². The molecule has 0 unspecified atom stereocenters. The second-order valence-electron chi connectivity index (χ2n) is 7.51. The highest BCUT2D eigenvalue weighted by Gasteiger charge is 2.29. The zero-order chi connectivity index (χ0) is 22.9. The Hall–Kier alpha value is -2.84.